The van der Waals surface area contributed by atoms with Crippen LogP contribution < -0.4 is 11.1 Å². The first-order chi connectivity index (χ1) is 15.1. The number of piperazine rings is 1. The molecule has 1 saturated heterocycles. The molecule has 31 heavy (non-hydrogen) atoms. The molecule has 0 bridgehead atoms. The third-order valence-corrected chi connectivity index (χ3v) is 5.59. The molecule has 0 saturated carbocycles. The third kappa shape index (κ3) is 3.73. The fraction of sp³-hybridized carbons (Fsp3) is 0.217. The molecule has 1 aliphatic heterocycles. The van der Waals surface area contributed by atoms with Gasteiger partial charge in [-0.25, -0.2) is 9.97 Å². The highest BCUT2D eigenvalue weighted by Gasteiger charge is 2.20. The zero-order valence-corrected chi connectivity index (χ0v) is 16.9. The molecule has 8 nitrogen and oxygen atoms in total. The van der Waals surface area contributed by atoms with Crippen LogP contribution in [-0.2, 0) is 11.2 Å². The summed E-state index contributed by atoms with van der Waals surface area (Å²) < 4.78 is 1.52. The Balaban J connectivity index is 1.51. The van der Waals surface area contributed by atoms with Crippen LogP contribution in [0.1, 0.15) is 16.1 Å². The van der Waals surface area contributed by atoms with Crippen LogP contribution in [0.15, 0.2) is 54.9 Å². The number of nitrogen functional groups attached to an aromatic ring is 1. The number of carbonyl (C=O) groups excluding carboxylic acids is 2. The van der Waals surface area contributed by atoms with Gasteiger partial charge >= 0.3 is 0 Å². The Morgan fingerprint density at radius 1 is 1.00 bits per heavy atom. The highest BCUT2D eigenvalue weighted by molar-refractivity contribution is 6.07. The third-order valence-electron chi connectivity index (χ3n) is 5.59. The number of hydrogen-bond donors (Lipinski definition) is 2. The zero-order valence-electron chi connectivity index (χ0n) is 16.9. The van der Waals surface area contributed by atoms with Gasteiger partial charge in [0.05, 0.1) is 11.9 Å². The maximum Gasteiger partial charge on any atom is 0.281 e. The van der Waals surface area contributed by atoms with Gasteiger partial charge in [0.2, 0.25) is 11.9 Å². The molecule has 1 amide bonds. The van der Waals surface area contributed by atoms with E-state index in [0.29, 0.717) is 24.0 Å². The SMILES string of the molecule is Nc1nc(C(=O)n2cc3ccccc3c2)c2cc(CC(=O)N3CCNCC3)ccc2n1. The molecule has 2 aromatic carbocycles. The van der Waals surface area contributed by atoms with E-state index in [9.17, 15) is 9.59 Å². The summed E-state index contributed by atoms with van der Waals surface area (Å²) in [5, 5.41) is 5.76. The maximum absolute atomic E-state index is 13.3. The number of benzene rings is 2. The van der Waals surface area contributed by atoms with E-state index in [-0.39, 0.29) is 29.9 Å². The Morgan fingerprint density at radius 2 is 1.71 bits per heavy atom. The normalized spacial score (nSPS) is 14.3. The van der Waals surface area contributed by atoms with Crippen molar-refractivity contribution < 1.29 is 9.59 Å². The number of nitrogens with one attached hydrogen (secondary N) is 1. The first-order valence-corrected chi connectivity index (χ1v) is 10.2. The minimum atomic E-state index is -0.291. The molecular formula is C23H22N6O2. The Labute approximate surface area is 178 Å². The van der Waals surface area contributed by atoms with Gasteiger partial charge in [-0.1, -0.05) is 30.3 Å². The van der Waals surface area contributed by atoms with Crippen LogP contribution in [0.5, 0.6) is 0 Å². The molecule has 1 fully saturated rings. The molecule has 1 aliphatic rings. The minimum absolute atomic E-state index is 0.0391. The molecule has 0 atom stereocenters. The van der Waals surface area contributed by atoms with Crippen molar-refractivity contribution in [1.29, 1.82) is 0 Å². The van der Waals surface area contributed by atoms with Gasteiger partial charge < -0.3 is 16.0 Å². The van der Waals surface area contributed by atoms with Gasteiger partial charge in [-0.05, 0) is 28.5 Å². The van der Waals surface area contributed by atoms with Crippen molar-refractivity contribution in [1.82, 2.24) is 24.8 Å². The highest BCUT2D eigenvalue weighted by Crippen LogP contribution is 2.22. The van der Waals surface area contributed by atoms with Crippen molar-refractivity contribution in [2.45, 2.75) is 6.42 Å². The summed E-state index contributed by atoms with van der Waals surface area (Å²) in [6, 6.07) is 13.2. The van der Waals surface area contributed by atoms with Crippen LogP contribution in [0.3, 0.4) is 0 Å². The number of hydrogen-bond acceptors (Lipinski definition) is 6. The first-order valence-electron chi connectivity index (χ1n) is 10.2. The number of nitrogens with two attached hydrogens (primary N) is 1. The second kappa shape index (κ2) is 7.81. The van der Waals surface area contributed by atoms with Crippen molar-refractivity contribution in [3.8, 4) is 0 Å². The molecule has 0 spiro atoms. The lowest BCUT2D eigenvalue weighted by molar-refractivity contribution is -0.131. The highest BCUT2D eigenvalue weighted by atomic mass is 16.2. The molecule has 0 radical (unpaired) electrons. The number of carbonyl (C=O) groups is 2. The van der Waals surface area contributed by atoms with Crippen molar-refractivity contribution in [3.05, 3.63) is 66.1 Å². The van der Waals surface area contributed by atoms with Crippen LogP contribution in [0.2, 0.25) is 0 Å². The van der Waals surface area contributed by atoms with Gasteiger partial charge in [0.1, 0.15) is 5.69 Å². The second-order valence-electron chi connectivity index (χ2n) is 7.69. The summed E-state index contributed by atoms with van der Waals surface area (Å²) in [5.41, 5.74) is 7.49. The van der Waals surface area contributed by atoms with Crippen LogP contribution in [0.4, 0.5) is 5.95 Å². The Hall–Kier alpha value is -3.78. The minimum Gasteiger partial charge on any atom is -0.368 e. The second-order valence-corrected chi connectivity index (χ2v) is 7.69. The van der Waals surface area contributed by atoms with E-state index in [0.717, 1.165) is 29.4 Å². The summed E-state index contributed by atoms with van der Waals surface area (Å²) >= 11 is 0. The van der Waals surface area contributed by atoms with Gasteiger partial charge in [-0.3, -0.25) is 14.2 Å². The van der Waals surface area contributed by atoms with Gasteiger partial charge in [0.15, 0.2) is 0 Å². The van der Waals surface area contributed by atoms with Gasteiger partial charge in [0.25, 0.3) is 5.91 Å². The average Bonchev–Trinajstić information content (AvgIpc) is 3.23. The van der Waals surface area contributed by atoms with Crippen LogP contribution >= 0.6 is 0 Å². The number of aromatic nitrogens is 3. The number of fused-ring (bicyclic) bond motifs is 2. The van der Waals surface area contributed by atoms with E-state index >= 15 is 0 Å². The lowest BCUT2D eigenvalue weighted by atomic mass is 10.1. The van der Waals surface area contributed by atoms with Crippen molar-refractivity contribution in [3.63, 3.8) is 0 Å². The maximum atomic E-state index is 13.3. The quantitative estimate of drug-likeness (QED) is 0.530. The molecule has 3 N–H and O–H groups in total. The van der Waals surface area contributed by atoms with Gasteiger partial charge in [0, 0.05) is 44.0 Å². The molecule has 4 aromatic rings. The Bertz CT molecular complexity index is 1270. The van der Waals surface area contributed by atoms with E-state index in [1.54, 1.807) is 18.5 Å². The summed E-state index contributed by atoms with van der Waals surface area (Å²) in [5.74, 6) is -0.181. The topological polar surface area (TPSA) is 106 Å². The van der Waals surface area contributed by atoms with Crippen molar-refractivity contribution in [2.24, 2.45) is 0 Å². The molecule has 3 heterocycles. The largest absolute Gasteiger partial charge is 0.368 e. The Morgan fingerprint density at radius 3 is 2.42 bits per heavy atom. The fourth-order valence-corrected chi connectivity index (χ4v) is 3.99. The number of rotatable bonds is 3. The Kier molecular flexibility index (Phi) is 4.83. The molecular weight excluding hydrogens is 392 g/mol. The predicted octanol–water partition coefficient (Wildman–Crippen LogP) is 1.83. The van der Waals surface area contributed by atoms with Gasteiger partial charge in [-0.15, -0.1) is 0 Å². The zero-order chi connectivity index (χ0) is 21.4. The van der Waals surface area contributed by atoms with Crippen molar-refractivity contribution in [2.75, 3.05) is 31.9 Å². The van der Waals surface area contributed by atoms with E-state index in [1.165, 1.54) is 4.57 Å². The summed E-state index contributed by atoms with van der Waals surface area (Å²) in [7, 11) is 0. The van der Waals surface area contributed by atoms with E-state index < -0.39 is 0 Å². The van der Waals surface area contributed by atoms with E-state index in [1.807, 2.05) is 41.3 Å². The molecule has 0 aliphatic carbocycles. The van der Waals surface area contributed by atoms with E-state index in [4.69, 9.17) is 5.73 Å². The first kappa shape index (κ1) is 19.2. The van der Waals surface area contributed by atoms with Gasteiger partial charge in [-0.2, -0.15) is 0 Å². The monoisotopic (exact) mass is 414 g/mol. The number of nitrogens with zero attached hydrogens (tertiary/aromatic N) is 4. The molecule has 0 unspecified atom stereocenters. The molecule has 2 aromatic heterocycles. The number of anilines is 1. The molecule has 156 valence electrons. The number of amides is 1. The van der Waals surface area contributed by atoms with Crippen molar-refractivity contribution >= 4 is 39.4 Å². The van der Waals surface area contributed by atoms with E-state index in [2.05, 4.69) is 15.3 Å². The molecule has 8 heteroatoms. The van der Waals surface area contributed by atoms with Crippen LogP contribution in [0.25, 0.3) is 21.7 Å². The summed E-state index contributed by atoms with van der Waals surface area (Å²) in [6.07, 6.45) is 3.82. The predicted molar refractivity (Wildman–Crippen MR) is 119 cm³/mol. The fourth-order valence-electron chi connectivity index (χ4n) is 3.99. The smallest absolute Gasteiger partial charge is 0.281 e. The van der Waals surface area contributed by atoms with Crippen LogP contribution in [-0.4, -0.2) is 57.4 Å². The standard InChI is InChI=1S/C23H22N6O2/c24-23-26-19-6-5-15(12-20(30)28-9-7-25-8-10-28)11-18(19)21(27-23)22(31)29-13-16-3-1-2-4-17(16)14-29/h1-6,11,13-14,25H,7-10,12H2,(H2,24,26,27). The lowest BCUT2D eigenvalue weighted by Gasteiger charge is -2.27. The lowest BCUT2D eigenvalue weighted by Crippen LogP contribution is -2.46. The molecule has 5 rings (SSSR count). The van der Waals surface area contributed by atoms with Crippen LogP contribution in [0, 0.1) is 0 Å². The summed E-state index contributed by atoms with van der Waals surface area (Å²) in [4.78, 5) is 36.3. The average molecular weight is 414 g/mol. The summed E-state index contributed by atoms with van der Waals surface area (Å²) in [6.45, 7) is 3.02.